The fourth-order valence-electron chi connectivity index (χ4n) is 4.57. The van der Waals surface area contributed by atoms with Gasteiger partial charge in [-0.05, 0) is 74.9 Å². The van der Waals surface area contributed by atoms with Gasteiger partial charge < -0.3 is 10.2 Å². The van der Waals surface area contributed by atoms with Crippen LogP contribution in [0, 0.1) is 25.2 Å². The topological polar surface area (TPSA) is 69.7 Å². The molecule has 28 heavy (non-hydrogen) atoms. The molecular weight excluding hydrogens is 398 g/mol. The summed E-state index contributed by atoms with van der Waals surface area (Å²) in [6, 6.07) is 5.28. The number of aryl methyl sites for hydroxylation is 2. The van der Waals surface area contributed by atoms with Gasteiger partial charge in [0.15, 0.2) is 0 Å². The van der Waals surface area contributed by atoms with Crippen molar-refractivity contribution in [2.75, 3.05) is 39.3 Å². The van der Waals surface area contributed by atoms with Gasteiger partial charge in [-0.3, -0.25) is 4.79 Å². The maximum atomic E-state index is 12.9. The van der Waals surface area contributed by atoms with E-state index in [9.17, 15) is 13.2 Å². The van der Waals surface area contributed by atoms with Crippen LogP contribution in [0.15, 0.2) is 23.1 Å². The molecular formula is C20H30ClN3O3S. The molecule has 2 saturated heterocycles. The molecule has 6 nitrogen and oxygen atoms in total. The average Bonchev–Trinajstić information content (AvgIpc) is 3.36. The summed E-state index contributed by atoms with van der Waals surface area (Å²) in [5, 5.41) is 3.37. The second kappa shape index (κ2) is 7.94. The number of rotatable bonds is 3. The number of carbonyl (C=O) groups excluding carboxylic acids is 1. The number of carbonyl (C=O) groups is 1. The van der Waals surface area contributed by atoms with Gasteiger partial charge in [-0.15, -0.1) is 12.4 Å². The SMILES string of the molecule is Cc1ccc(S(=O)(=O)N2CCN(C(=O)C3CC34CCNCC4)CC2)cc1C.Cl. The molecule has 4 rings (SSSR count). The van der Waals surface area contributed by atoms with Crippen molar-refractivity contribution in [3.8, 4) is 0 Å². The first-order valence-corrected chi connectivity index (χ1v) is 11.3. The summed E-state index contributed by atoms with van der Waals surface area (Å²) in [7, 11) is -3.49. The molecule has 0 radical (unpaired) electrons. The van der Waals surface area contributed by atoms with Gasteiger partial charge in [-0.2, -0.15) is 4.31 Å². The Labute approximate surface area is 174 Å². The maximum Gasteiger partial charge on any atom is 0.243 e. The van der Waals surface area contributed by atoms with Crippen LogP contribution >= 0.6 is 12.4 Å². The summed E-state index contributed by atoms with van der Waals surface area (Å²) < 4.78 is 27.4. The minimum absolute atomic E-state index is 0. The summed E-state index contributed by atoms with van der Waals surface area (Å²) in [4.78, 5) is 15.1. The van der Waals surface area contributed by atoms with Gasteiger partial charge in [0.2, 0.25) is 15.9 Å². The minimum Gasteiger partial charge on any atom is -0.340 e. The van der Waals surface area contributed by atoms with Crippen LogP contribution in [0.4, 0.5) is 0 Å². The summed E-state index contributed by atoms with van der Waals surface area (Å²) in [5.74, 6) is 0.391. The lowest BCUT2D eigenvalue weighted by Gasteiger charge is -2.35. The molecule has 156 valence electrons. The lowest BCUT2D eigenvalue weighted by atomic mass is 9.91. The lowest BCUT2D eigenvalue weighted by molar-refractivity contribution is -0.134. The molecule has 3 aliphatic rings. The molecule has 3 fully saturated rings. The Balaban J connectivity index is 0.00000225. The number of benzene rings is 1. The zero-order valence-corrected chi connectivity index (χ0v) is 18.2. The molecule has 0 bridgehead atoms. The molecule has 1 aliphatic carbocycles. The molecule has 1 atom stereocenters. The van der Waals surface area contributed by atoms with Crippen molar-refractivity contribution in [1.82, 2.24) is 14.5 Å². The molecule has 1 saturated carbocycles. The van der Waals surface area contributed by atoms with E-state index in [0.29, 0.717) is 31.1 Å². The minimum atomic E-state index is -3.49. The van der Waals surface area contributed by atoms with Crippen LogP contribution in [0.5, 0.6) is 0 Å². The largest absolute Gasteiger partial charge is 0.340 e. The van der Waals surface area contributed by atoms with Crippen LogP contribution in [-0.2, 0) is 14.8 Å². The summed E-state index contributed by atoms with van der Waals surface area (Å²) in [5.41, 5.74) is 2.29. The number of halogens is 1. The Bertz CT molecular complexity index is 844. The molecule has 2 heterocycles. The van der Waals surface area contributed by atoms with Gasteiger partial charge >= 0.3 is 0 Å². The van der Waals surface area contributed by atoms with Crippen molar-refractivity contribution < 1.29 is 13.2 Å². The summed E-state index contributed by atoms with van der Waals surface area (Å²) in [6.07, 6.45) is 3.18. The third kappa shape index (κ3) is 3.82. The van der Waals surface area contributed by atoms with Crippen LogP contribution in [0.25, 0.3) is 0 Å². The second-order valence-corrected chi connectivity index (χ2v) is 10.3. The third-order valence-corrected chi connectivity index (χ3v) is 8.65. The first kappa shape index (κ1) is 21.6. The molecule has 1 aromatic rings. The highest BCUT2D eigenvalue weighted by molar-refractivity contribution is 7.89. The zero-order valence-electron chi connectivity index (χ0n) is 16.6. The molecule has 8 heteroatoms. The second-order valence-electron chi connectivity index (χ2n) is 8.34. The van der Waals surface area contributed by atoms with Crippen molar-refractivity contribution >= 4 is 28.3 Å². The number of amides is 1. The summed E-state index contributed by atoms with van der Waals surface area (Å²) in [6.45, 7) is 7.66. The zero-order chi connectivity index (χ0) is 19.2. The van der Waals surface area contributed by atoms with Gasteiger partial charge in [-0.25, -0.2) is 8.42 Å². The molecule has 1 aromatic carbocycles. The van der Waals surface area contributed by atoms with Crippen LogP contribution in [-0.4, -0.2) is 62.8 Å². The average molecular weight is 428 g/mol. The van der Waals surface area contributed by atoms with E-state index < -0.39 is 10.0 Å². The fraction of sp³-hybridized carbons (Fsp3) is 0.650. The van der Waals surface area contributed by atoms with Crippen LogP contribution in [0.1, 0.15) is 30.4 Å². The maximum absolute atomic E-state index is 12.9. The van der Waals surface area contributed by atoms with Crippen LogP contribution in [0.3, 0.4) is 0 Å². The highest BCUT2D eigenvalue weighted by atomic mass is 35.5. The van der Waals surface area contributed by atoms with Crippen LogP contribution < -0.4 is 5.32 Å². The number of piperazine rings is 1. The van der Waals surface area contributed by atoms with Crippen molar-refractivity contribution in [3.05, 3.63) is 29.3 Å². The Morgan fingerprint density at radius 2 is 1.71 bits per heavy atom. The number of piperidine rings is 1. The van der Waals surface area contributed by atoms with E-state index in [0.717, 1.165) is 43.5 Å². The Morgan fingerprint density at radius 1 is 1.07 bits per heavy atom. The van der Waals surface area contributed by atoms with Gasteiger partial charge in [-0.1, -0.05) is 6.07 Å². The van der Waals surface area contributed by atoms with Crippen molar-refractivity contribution in [1.29, 1.82) is 0 Å². The highest BCUT2D eigenvalue weighted by Crippen LogP contribution is 2.59. The Kier molecular flexibility index (Phi) is 6.11. The Morgan fingerprint density at radius 3 is 2.32 bits per heavy atom. The van der Waals surface area contributed by atoms with Crippen molar-refractivity contribution in [2.45, 2.75) is 38.0 Å². The smallest absolute Gasteiger partial charge is 0.243 e. The monoisotopic (exact) mass is 427 g/mol. The fourth-order valence-corrected chi connectivity index (χ4v) is 6.07. The Hall–Kier alpha value is -1.15. The lowest BCUT2D eigenvalue weighted by Crippen LogP contribution is -2.51. The van der Waals surface area contributed by atoms with E-state index in [1.54, 1.807) is 12.1 Å². The van der Waals surface area contributed by atoms with E-state index in [-0.39, 0.29) is 29.6 Å². The molecule has 2 aliphatic heterocycles. The number of sulfonamides is 1. The highest BCUT2D eigenvalue weighted by Gasteiger charge is 2.58. The predicted octanol–water partition coefficient (Wildman–Crippen LogP) is 1.95. The number of nitrogens with one attached hydrogen (secondary N) is 1. The summed E-state index contributed by atoms with van der Waals surface area (Å²) >= 11 is 0. The van der Waals surface area contributed by atoms with E-state index in [4.69, 9.17) is 0 Å². The van der Waals surface area contributed by atoms with E-state index in [2.05, 4.69) is 5.32 Å². The predicted molar refractivity (Wildman–Crippen MR) is 111 cm³/mol. The molecule has 1 amide bonds. The number of hydrogen-bond acceptors (Lipinski definition) is 4. The quantitative estimate of drug-likeness (QED) is 0.800. The van der Waals surface area contributed by atoms with Crippen molar-refractivity contribution in [3.63, 3.8) is 0 Å². The molecule has 1 N–H and O–H groups in total. The molecule has 1 spiro atoms. The van der Waals surface area contributed by atoms with E-state index in [1.165, 1.54) is 4.31 Å². The van der Waals surface area contributed by atoms with Crippen molar-refractivity contribution in [2.24, 2.45) is 11.3 Å². The van der Waals surface area contributed by atoms with Gasteiger partial charge in [0.1, 0.15) is 0 Å². The van der Waals surface area contributed by atoms with E-state index in [1.807, 2.05) is 24.8 Å². The van der Waals surface area contributed by atoms with Crippen LogP contribution in [0.2, 0.25) is 0 Å². The van der Waals surface area contributed by atoms with Gasteiger partial charge in [0.05, 0.1) is 4.90 Å². The first-order valence-electron chi connectivity index (χ1n) is 9.90. The van der Waals surface area contributed by atoms with E-state index >= 15 is 0 Å². The first-order chi connectivity index (χ1) is 12.8. The number of nitrogens with zero attached hydrogens (tertiary/aromatic N) is 2. The number of hydrogen-bond donors (Lipinski definition) is 1. The molecule has 1 unspecified atom stereocenters. The molecule has 0 aromatic heterocycles. The normalized spacial score (nSPS) is 24.6. The van der Waals surface area contributed by atoms with Gasteiger partial charge in [0, 0.05) is 32.1 Å². The standard InChI is InChI=1S/C20H29N3O3S.ClH/c1-15-3-4-17(13-16(15)2)27(25,26)23-11-9-22(10-12-23)19(24)18-14-20(18)5-7-21-8-6-20;/h3-4,13,18,21H,5-12,14H2,1-2H3;1H. The van der Waals surface area contributed by atoms with Gasteiger partial charge in [0.25, 0.3) is 0 Å². The third-order valence-electron chi connectivity index (χ3n) is 6.75.